The van der Waals surface area contributed by atoms with E-state index in [4.69, 9.17) is 20.3 Å². The molecule has 0 unspecified atom stereocenters. The minimum atomic E-state index is -1.14. The van der Waals surface area contributed by atoms with Gasteiger partial charge in [0, 0.05) is 11.6 Å². The largest absolute Gasteiger partial charge is 0.479 e. The maximum Gasteiger partial charge on any atom is 0.341 e. The first kappa shape index (κ1) is 15.7. The fraction of sp³-hybridized carbons (Fsp3) is 0.462. The number of aliphatic imine (C=N–C) groups is 1. The molecule has 0 amide bonds. The Morgan fingerprint density at radius 2 is 2.15 bits per heavy atom. The number of nitrogens with two attached hydrogens (primary N) is 1. The zero-order valence-corrected chi connectivity index (χ0v) is 11.3. The van der Waals surface area contributed by atoms with Gasteiger partial charge in [0.25, 0.3) is 0 Å². The second-order valence-corrected chi connectivity index (χ2v) is 4.33. The molecule has 0 aliphatic heterocycles. The molecular weight excluding hydrogens is 264 g/mol. The van der Waals surface area contributed by atoms with E-state index < -0.39 is 12.6 Å². The first-order valence-electron chi connectivity index (χ1n) is 6.11. The lowest BCUT2D eigenvalue weighted by molar-refractivity contribution is -0.140. The summed E-state index contributed by atoms with van der Waals surface area (Å²) in [6.45, 7) is 4.65. The quantitative estimate of drug-likeness (QED) is 0.295. The molecule has 0 saturated heterocycles. The Morgan fingerprint density at radius 3 is 2.65 bits per heavy atom. The molecule has 0 heterocycles. The number of ether oxygens (including phenoxy) is 2. The number of allylic oxidation sites excluding steroid dienone is 1. The topological polar surface area (TPSA) is 111 Å². The monoisotopic (exact) mass is 282 g/mol. The Bertz CT molecular complexity index is 463. The van der Waals surface area contributed by atoms with Gasteiger partial charge in [0.05, 0.1) is 5.57 Å². The van der Waals surface area contributed by atoms with Gasteiger partial charge < -0.3 is 20.3 Å². The molecule has 1 fully saturated rings. The van der Waals surface area contributed by atoms with Crippen LogP contribution in [0.25, 0.3) is 0 Å². The number of hydrogen-bond acceptors (Lipinski definition) is 6. The number of carbonyl (C=O) groups is 2. The van der Waals surface area contributed by atoms with Gasteiger partial charge in [0.15, 0.2) is 18.8 Å². The molecule has 0 aromatic heterocycles. The molecule has 1 aliphatic carbocycles. The summed E-state index contributed by atoms with van der Waals surface area (Å²) in [4.78, 5) is 25.0. The highest BCUT2D eigenvalue weighted by Gasteiger charge is 2.25. The first-order valence-corrected chi connectivity index (χ1v) is 6.11. The van der Waals surface area contributed by atoms with Crippen LogP contribution in [-0.2, 0) is 19.1 Å². The lowest BCUT2D eigenvalue weighted by atomic mass is 10.3. The van der Waals surface area contributed by atoms with E-state index >= 15 is 0 Å². The normalized spacial score (nSPS) is 16.1. The summed E-state index contributed by atoms with van der Waals surface area (Å²) in [5, 5.41) is 8.53. The number of carbonyl (C=O) groups excluding carboxylic acids is 1. The van der Waals surface area contributed by atoms with Gasteiger partial charge in [-0.2, -0.15) is 0 Å². The van der Waals surface area contributed by atoms with Crippen molar-refractivity contribution in [2.24, 2.45) is 16.6 Å². The predicted molar refractivity (Wildman–Crippen MR) is 71.8 cm³/mol. The predicted octanol–water partition coefficient (Wildman–Crippen LogP) is 0.815. The van der Waals surface area contributed by atoms with Crippen LogP contribution in [0, 0.1) is 5.92 Å². The molecule has 0 aromatic rings. The average Bonchev–Trinajstić information content (AvgIpc) is 3.24. The Labute approximate surface area is 116 Å². The van der Waals surface area contributed by atoms with Crippen molar-refractivity contribution in [1.82, 2.24) is 0 Å². The molecule has 0 atom stereocenters. The molecule has 20 heavy (non-hydrogen) atoms. The van der Waals surface area contributed by atoms with Crippen LogP contribution in [0.4, 0.5) is 0 Å². The highest BCUT2D eigenvalue weighted by Crippen LogP contribution is 2.36. The Hall–Kier alpha value is -2.31. The third-order valence-electron chi connectivity index (χ3n) is 2.62. The maximum absolute atomic E-state index is 10.4. The van der Waals surface area contributed by atoms with E-state index in [1.54, 1.807) is 6.92 Å². The number of hydrogen-bond donors (Lipinski definition) is 2. The molecule has 0 radical (unpaired) electrons. The van der Waals surface area contributed by atoms with E-state index in [1.165, 1.54) is 0 Å². The molecule has 7 nitrogen and oxygen atoms in total. The van der Waals surface area contributed by atoms with Crippen molar-refractivity contribution in [3.05, 3.63) is 23.7 Å². The molecule has 0 aromatic carbocycles. The number of carboxylic acid groups (broad SMARTS) is 1. The summed E-state index contributed by atoms with van der Waals surface area (Å²) in [6.07, 6.45) is 2.63. The second-order valence-electron chi connectivity index (χ2n) is 4.33. The molecule has 1 rings (SSSR count). The first-order chi connectivity index (χ1) is 9.45. The molecule has 1 saturated carbocycles. The SMILES string of the molecule is C=C(/N=C(OCC=O)\C(C)=C(/N)OCC(=O)O)C1CC1. The van der Waals surface area contributed by atoms with Gasteiger partial charge in [0.2, 0.25) is 5.90 Å². The Morgan fingerprint density at radius 1 is 1.50 bits per heavy atom. The van der Waals surface area contributed by atoms with Crippen molar-refractivity contribution in [3.63, 3.8) is 0 Å². The minimum Gasteiger partial charge on any atom is -0.479 e. The summed E-state index contributed by atoms with van der Waals surface area (Å²) in [7, 11) is 0. The standard InChI is InChI=1S/C13H18N2O5/c1-8(12(14)20-7-11(17)18)13(19-6-5-16)15-9(2)10-3-4-10/h5,10H,2-4,6-7,14H2,1H3,(H,17,18)/b12-8+,15-13+. The molecule has 3 N–H and O–H groups in total. The summed E-state index contributed by atoms with van der Waals surface area (Å²) >= 11 is 0. The number of aldehydes is 1. The van der Waals surface area contributed by atoms with Gasteiger partial charge in [-0.3, -0.25) is 4.79 Å². The fourth-order valence-corrected chi connectivity index (χ4v) is 1.33. The van der Waals surface area contributed by atoms with Crippen LogP contribution < -0.4 is 5.73 Å². The lowest BCUT2D eigenvalue weighted by Crippen LogP contribution is -2.18. The molecule has 0 spiro atoms. The number of nitrogens with zero attached hydrogens (tertiary/aromatic N) is 1. The Kier molecular flexibility index (Phi) is 5.76. The van der Waals surface area contributed by atoms with E-state index in [0.29, 0.717) is 23.5 Å². The average molecular weight is 282 g/mol. The van der Waals surface area contributed by atoms with E-state index in [-0.39, 0.29) is 18.4 Å². The highest BCUT2D eigenvalue weighted by atomic mass is 16.5. The van der Waals surface area contributed by atoms with Crippen LogP contribution in [0.2, 0.25) is 0 Å². The van der Waals surface area contributed by atoms with Crippen molar-refractivity contribution >= 4 is 18.2 Å². The van der Waals surface area contributed by atoms with Gasteiger partial charge in [-0.1, -0.05) is 6.58 Å². The van der Waals surface area contributed by atoms with Crippen LogP contribution in [0.1, 0.15) is 19.8 Å². The van der Waals surface area contributed by atoms with E-state index in [2.05, 4.69) is 11.6 Å². The van der Waals surface area contributed by atoms with Gasteiger partial charge >= 0.3 is 5.97 Å². The van der Waals surface area contributed by atoms with Crippen LogP contribution in [0.15, 0.2) is 28.7 Å². The second kappa shape index (κ2) is 7.32. The van der Waals surface area contributed by atoms with Crippen molar-refractivity contribution in [2.45, 2.75) is 19.8 Å². The third-order valence-corrected chi connectivity index (χ3v) is 2.62. The molecule has 110 valence electrons. The van der Waals surface area contributed by atoms with Crippen LogP contribution in [0.5, 0.6) is 0 Å². The van der Waals surface area contributed by atoms with E-state index in [1.807, 2.05) is 0 Å². The summed E-state index contributed by atoms with van der Waals surface area (Å²) < 4.78 is 10.0. The van der Waals surface area contributed by atoms with Gasteiger partial charge in [0.1, 0.15) is 6.61 Å². The van der Waals surface area contributed by atoms with Crippen LogP contribution >= 0.6 is 0 Å². The highest BCUT2D eigenvalue weighted by molar-refractivity contribution is 5.94. The minimum absolute atomic E-state index is 0.111. The van der Waals surface area contributed by atoms with Crippen LogP contribution in [0.3, 0.4) is 0 Å². The Balaban J connectivity index is 2.83. The summed E-state index contributed by atoms with van der Waals surface area (Å²) in [5.41, 5.74) is 6.60. The summed E-state index contributed by atoms with van der Waals surface area (Å²) in [6, 6.07) is 0. The molecule has 1 aliphatic rings. The van der Waals surface area contributed by atoms with Crippen molar-refractivity contribution < 1.29 is 24.2 Å². The van der Waals surface area contributed by atoms with Crippen molar-refractivity contribution in [1.29, 1.82) is 0 Å². The van der Waals surface area contributed by atoms with Crippen molar-refractivity contribution in [3.8, 4) is 0 Å². The molecule has 0 bridgehead atoms. The van der Waals surface area contributed by atoms with E-state index in [0.717, 1.165) is 12.8 Å². The maximum atomic E-state index is 10.4. The fourth-order valence-electron chi connectivity index (χ4n) is 1.33. The lowest BCUT2D eigenvalue weighted by Gasteiger charge is -2.11. The number of aliphatic carboxylic acids is 1. The van der Waals surface area contributed by atoms with Gasteiger partial charge in [-0.25, -0.2) is 9.79 Å². The van der Waals surface area contributed by atoms with Crippen LogP contribution in [-0.4, -0.2) is 36.5 Å². The zero-order chi connectivity index (χ0) is 15.1. The van der Waals surface area contributed by atoms with Gasteiger partial charge in [-0.15, -0.1) is 0 Å². The smallest absolute Gasteiger partial charge is 0.341 e. The molecule has 7 heteroatoms. The third kappa shape index (κ3) is 5.13. The molecular formula is C13H18N2O5. The van der Waals surface area contributed by atoms with Crippen molar-refractivity contribution in [2.75, 3.05) is 13.2 Å². The zero-order valence-electron chi connectivity index (χ0n) is 11.3. The number of rotatable bonds is 8. The van der Waals surface area contributed by atoms with E-state index in [9.17, 15) is 9.59 Å². The number of carboxylic acids is 1. The van der Waals surface area contributed by atoms with Gasteiger partial charge in [-0.05, 0) is 19.8 Å². The summed E-state index contributed by atoms with van der Waals surface area (Å²) in [5.74, 6) is -0.799.